The molecule has 1 atom stereocenters. The van der Waals surface area contributed by atoms with Gasteiger partial charge in [0.15, 0.2) is 5.76 Å². The number of nitrogens with zero attached hydrogens (tertiary/aromatic N) is 5. The number of aromatic nitrogens is 3. The molecule has 24 heavy (non-hydrogen) atoms. The highest BCUT2D eigenvalue weighted by Crippen LogP contribution is 2.20. The number of aryl methyl sites for hydroxylation is 1. The molecule has 0 N–H and O–H groups in total. The van der Waals surface area contributed by atoms with Crippen LogP contribution in [-0.2, 0) is 18.3 Å². The van der Waals surface area contributed by atoms with E-state index in [1.807, 2.05) is 26.2 Å². The van der Waals surface area contributed by atoms with Crippen molar-refractivity contribution in [2.75, 3.05) is 39.4 Å². The third-order valence-electron chi connectivity index (χ3n) is 4.52. The molecule has 0 bridgehead atoms. The monoisotopic (exact) mass is 333 g/mol. The molecular formula is C17H27N5O2. The summed E-state index contributed by atoms with van der Waals surface area (Å²) < 4.78 is 12.7. The third kappa shape index (κ3) is 4.23. The SMILES string of the molecule is CCOCCN1CCN(Cc2cc(-c3cnn(C)c3)no2)CC1C. The van der Waals surface area contributed by atoms with Crippen LogP contribution in [0.4, 0.5) is 0 Å². The van der Waals surface area contributed by atoms with E-state index in [9.17, 15) is 0 Å². The second-order valence-corrected chi connectivity index (χ2v) is 6.40. The van der Waals surface area contributed by atoms with Crippen molar-refractivity contribution in [3.8, 4) is 11.3 Å². The third-order valence-corrected chi connectivity index (χ3v) is 4.52. The average molecular weight is 333 g/mol. The molecule has 1 unspecified atom stereocenters. The van der Waals surface area contributed by atoms with Crippen LogP contribution in [0.5, 0.6) is 0 Å². The van der Waals surface area contributed by atoms with E-state index in [1.165, 1.54) is 0 Å². The summed E-state index contributed by atoms with van der Waals surface area (Å²) in [5, 5.41) is 8.34. The molecule has 3 rings (SSSR count). The zero-order chi connectivity index (χ0) is 16.9. The zero-order valence-electron chi connectivity index (χ0n) is 14.8. The molecule has 2 aromatic heterocycles. The first-order chi connectivity index (χ1) is 11.7. The van der Waals surface area contributed by atoms with Gasteiger partial charge in [0.05, 0.1) is 19.3 Å². The van der Waals surface area contributed by atoms with Crippen LogP contribution in [0.2, 0.25) is 0 Å². The summed E-state index contributed by atoms with van der Waals surface area (Å²) in [7, 11) is 1.90. The van der Waals surface area contributed by atoms with Crippen LogP contribution in [0, 0.1) is 0 Å². The Kier molecular flexibility index (Phi) is 5.65. The van der Waals surface area contributed by atoms with E-state index in [0.29, 0.717) is 6.04 Å². The molecule has 132 valence electrons. The molecule has 0 radical (unpaired) electrons. The summed E-state index contributed by atoms with van der Waals surface area (Å²) in [6.07, 6.45) is 3.75. The lowest BCUT2D eigenvalue weighted by molar-refractivity contribution is 0.0436. The summed E-state index contributed by atoms with van der Waals surface area (Å²) in [6.45, 7) is 10.9. The summed E-state index contributed by atoms with van der Waals surface area (Å²) >= 11 is 0. The molecule has 0 saturated carbocycles. The Morgan fingerprint density at radius 2 is 2.25 bits per heavy atom. The van der Waals surface area contributed by atoms with E-state index < -0.39 is 0 Å². The predicted octanol–water partition coefficient (Wildman–Crippen LogP) is 1.62. The second kappa shape index (κ2) is 7.92. The zero-order valence-corrected chi connectivity index (χ0v) is 14.8. The van der Waals surface area contributed by atoms with Crippen molar-refractivity contribution < 1.29 is 9.26 Å². The lowest BCUT2D eigenvalue weighted by atomic mass is 10.2. The van der Waals surface area contributed by atoms with Gasteiger partial charge in [0, 0.05) is 63.7 Å². The maximum Gasteiger partial charge on any atom is 0.151 e. The highest BCUT2D eigenvalue weighted by molar-refractivity contribution is 5.56. The highest BCUT2D eigenvalue weighted by atomic mass is 16.5. The Morgan fingerprint density at radius 3 is 2.96 bits per heavy atom. The van der Waals surface area contributed by atoms with Crippen molar-refractivity contribution in [2.24, 2.45) is 7.05 Å². The molecule has 1 saturated heterocycles. The molecule has 0 aromatic carbocycles. The van der Waals surface area contributed by atoms with Crippen molar-refractivity contribution in [1.29, 1.82) is 0 Å². The topological polar surface area (TPSA) is 59.6 Å². The smallest absolute Gasteiger partial charge is 0.151 e. The molecule has 7 nitrogen and oxygen atoms in total. The fourth-order valence-corrected chi connectivity index (χ4v) is 3.17. The van der Waals surface area contributed by atoms with Crippen molar-refractivity contribution in [3.63, 3.8) is 0 Å². The van der Waals surface area contributed by atoms with Crippen LogP contribution >= 0.6 is 0 Å². The maximum absolute atomic E-state index is 5.51. The van der Waals surface area contributed by atoms with Crippen LogP contribution in [0.25, 0.3) is 11.3 Å². The molecule has 0 spiro atoms. The summed E-state index contributed by atoms with van der Waals surface area (Å²) in [5.74, 6) is 0.906. The fraction of sp³-hybridized carbons (Fsp3) is 0.647. The normalized spacial score (nSPS) is 19.9. The molecule has 1 aliphatic rings. The Bertz CT molecular complexity index is 638. The molecule has 1 fully saturated rings. The van der Waals surface area contributed by atoms with Crippen molar-refractivity contribution in [3.05, 3.63) is 24.2 Å². The van der Waals surface area contributed by atoms with Crippen LogP contribution in [0.3, 0.4) is 0 Å². The molecule has 0 aliphatic carbocycles. The summed E-state index contributed by atoms with van der Waals surface area (Å²) in [4.78, 5) is 4.92. The van der Waals surface area contributed by atoms with Gasteiger partial charge in [-0.25, -0.2) is 0 Å². The molecular weight excluding hydrogens is 306 g/mol. The first-order valence-corrected chi connectivity index (χ1v) is 8.64. The van der Waals surface area contributed by atoms with E-state index in [2.05, 4.69) is 27.0 Å². The van der Waals surface area contributed by atoms with Gasteiger partial charge in [-0.05, 0) is 13.8 Å². The summed E-state index contributed by atoms with van der Waals surface area (Å²) in [6, 6.07) is 2.54. The lowest BCUT2D eigenvalue weighted by Crippen LogP contribution is -2.52. The van der Waals surface area contributed by atoms with Crippen molar-refractivity contribution in [2.45, 2.75) is 26.4 Å². The predicted molar refractivity (Wildman–Crippen MR) is 91.5 cm³/mol. The average Bonchev–Trinajstić information content (AvgIpc) is 3.18. The summed E-state index contributed by atoms with van der Waals surface area (Å²) in [5.41, 5.74) is 1.84. The van der Waals surface area contributed by atoms with E-state index in [0.717, 1.165) is 63.0 Å². The van der Waals surface area contributed by atoms with E-state index in [-0.39, 0.29) is 0 Å². The molecule has 0 amide bonds. The molecule has 3 heterocycles. The number of hydrogen-bond donors (Lipinski definition) is 0. The minimum absolute atomic E-state index is 0.528. The largest absolute Gasteiger partial charge is 0.380 e. The number of ether oxygens (including phenoxy) is 1. The standard InChI is InChI=1S/C17H27N5O2/c1-4-23-8-7-22-6-5-21(11-14(22)2)13-16-9-17(19-24-16)15-10-18-20(3)12-15/h9-10,12,14H,4-8,11,13H2,1-3H3. The van der Waals surface area contributed by atoms with Crippen LogP contribution < -0.4 is 0 Å². The Balaban J connectivity index is 1.51. The van der Waals surface area contributed by atoms with Crippen LogP contribution in [0.15, 0.2) is 23.0 Å². The van der Waals surface area contributed by atoms with Gasteiger partial charge < -0.3 is 9.26 Å². The van der Waals surface area contributed by atoms with Gasteiger partial charge >= 0.3 is 0 Å². The Hall–Kier alpha value is -1.70. The van der Waals surface area contributed by atoms with Crippen molar-refractivity contribution >= 4 is 0 Å². The Morgan fingerprint density at radius 1 is 1.38 bits per heavy atom. The van der Waals surface area contributed by atoms with Gasteiger partial charge in [-0.3, -0.25) is 14.5 Å². The van der Waals surface area contributed by atoms with Crippen LogP contribution in [0.1, 0.15) is 19.6 Å². The highest BCUT2D eigenvalue weighted by Gasteiger charge is 2.24. The number of rotatable bonds is 7. The van der Waals surface area contributed by atoms with Gasteiger partial charge in [-0.2, -0.15) is 5.10 Å². The van der Waals surface area contributed by atoms with E-state index in [4.69, 9.17) is 9.26 Å². The van der Waals surface area contributed by atoms with Gasteiger partial charge in [-0.15, -0.1) is 0 Å². The maximum atomic E-state index is 5.51. The van der Waals surface area contributed by atoms with Crippen molar-refractivity contribution in [1.82, 2.24) is 24.7 Å². The minimum atomic E-state index is 0.528. The lowest BCUT2D eigenvalue weighted by Gasteiger charge is -2.39. The first kappa shape index (κ1) is 17.1. The van der Waals surface area contributed by atoms with Gasteiger partial charge in [0.1, 0.15) is 5.69 Å². The van der Waals surface area contributed by atoms with Gasteiger partial charge in [0.25, 0.3) is 0 Å². The molecule has 1 aliphatic heterocycles. The van der Waals surface area contributed by atoms with E-state index >= 15 is 0 Å². The van der Waals surface area contributed by atoms with Crippen LogP contribution in [-0.4, -0.2) is 70.2 Å². The first-order valence-electron chi connectivity index (χ1n) is 8.64. The van der Waals surface area contributed by atoms with Gasteiger partial charge in [0.2, 0.25) is 0 Å². The quantitative estimate of drug-likeness (QED) is 0.718. The number of hydrogen-bond acceptors (Lipinski definition) is 6. The van der Waals surface area contributed by atoms with Gasteiger partial charge in [-0.1, -0.05) is 5.16 Å². The molecule has 2 aromatic rings. The fourth-order valence-electron chi connectivity index (χ4n) is 3.17. The van der Waals surface area contributed by atoms with E-state index in [1.54, 1.807) is 10.9 Å². The second-order valence-electron chi connectivity index (χ2n) is 6.40. The minimum Gasteiger partial charge on any atom is -0.380 e. The Labute approximate surface area is 143 Å². The molecule has 7 heteroatoms. The number of piperazine rings is 1.